The first-order valence-electron chi connectivity index (χ1n) is 25.3. The summed E-state index contributed by atoms with van der Waals surface area (Å²) < 4.78 is 112. The van der Waals surface area contributed by atoms with Crippen LogP contribution in [0.1, 0.15) is 121 Å². The SMILES string of the molecule is [2H]c1c(Br)c(O)c(Br)c([2H])c1C(=O)c1c(C([2H])(C)O)oc2c([2H])c([2H])c([2H])c([2H])c12.[2H]c1c(Br)c(O)c(Br)c([2H])c1C(=O)c1c(C([2H])(C)O)oc2ccccc12.[2H]c1c(C(=O)c2c(C([2H])(C)O)oc3ccccc23)cc(Br)c(O)c1Br. The molecule has 0 aliphatic heterocycles. The van der Waals surface area contributed by atoms with Crippen molar-refractivity contribution in [2.24, 2.45) is 0 Å². The Labute approximate surface area is 460 Å². The molecule has 0 saturated heterocycles. The van der Waals surface area contributed by atoms with Crippen LogP contribution in [0.15, 0.2) is 149 Å². The van der Waals surface area contributed by atoms with Crippen molar-refractivity contribution in [3.63, 3.8) is 0 Å². The molecule has 0 saturated carbocycles. The van der Waals surface area contributed by atoms with E-state index in [-0.39, 0.29) is 95.6 Å². The third kappa shape index (κ3) is 10.7. The second kappa shape index (κ2) is 21.6. The highest BCUT2D eigenvalue weighted by Gasteiger charge is 2.28. The summed E-state index contributed by atoms with van der Waals surface area (Å²) in [5.41, 5.74) is -1.25. The van der Waals surface area contributed by atoms with E-state index in [0.717, 1.165) is 13.8 Å². The molecule has 3 heterocycles. The predicted octanol–water partition coefficient (Wildman–Crippen LogP) is 14.8. The molecule has 0 fully saturated rings. The lowest BCUT2D eigenvalue weighted by molar-refractivity contribution is 0.102. The predicted molar refractivity (Wildman–Crippen MR) is 281 cm³/mol. The summed E-state index contributed by atoms with van der Waals surface area (Å²) in [5, 5.41) is 60.6. The Morgan fingerprint density at radius 1 is 0.478 bits per heavy atom. The van der Waals surface area contributed by atoms with Gasteiger partial charge >= 0.3 is 0 Å². The molecule has 6 aromatic carbocycles. The van der Waals surface area contributed by atoms with Crippen molar-refractivity contribution in [3.05, 3.63) is 186 Å². The number of halogens is 6. The summed E-state index contributed by atoms with van der Waals surface area (Å²) in [6, 6.07) is 9.96. The molecule has 0 amide bonds. The molecule has 6 N–H and O–H groups in total. The molecule has 0 aliphatic rings. The molecule has 0 radical (unpaired) electrons. The summed E-state index contributed by atoms with van der Waals surface area (Å²) in [4.78, 5) is 39.8. The zero-order valence-electron chi connectivity index (χ0n) is 47.1. The van der Waals surface area contributed by atoms with Crippen LogP contribution in [0, 0.1) is 0 Å². The van der Waals surface area contributed by atoms with Crippen LogP contribution in [0.4, 0.5) is 0 Å². The molecular formula is C51H36Br6O12. The highest BCUT2D eigenvalue weighted by Crippen LogP contribution is 2.40. The summed E-state index contributed by atoms with van der Waals surface area (Å²) in [7, 11) is 0. The lowest BCUT2D eigenvalue weighted by Gasteiger charge is -2.07. The number of carbonyl (C=O) groups is 3. The van der Waals surface area contributed by atoms with Gasteiger partial charge in [0.05, 0.1) is 60.0 Å². The molecule has 12 nitrogen and oxygen atoms in total. The van der Waals surface area contributed by atoms with Gasteiger partial charge < -0.3 is 43.9 Å². The third-order valence-electron chi connectivity index (χ3n) is 9.61. The van der Waals surface area contributed by atoms with Crippen molar-refractivity contribution in [2.45, 2.75) is 39.0 Å². The van der Waals surface area contributed by atoms with E-state index < -0.39 is 100 Å². The molecule has 0 spiro atoms. The van der Waals surface area contributed by atoms with E-state index in [4.69, 9.17) is 29.7 Å². The number of hydrogen-bond donors (Lipinski definition) is 6. The smallest absolute Gasteiger partial charge is 0.197 e. The number of phenolic OH excluding ortho intramolecular Hbond substituents is 3. The lowest BCUT2D eigenvalue weighted by Crippen LogP contribution is -2.06. The molecule has 18 heteroatoms. The fraction of sp³-hybridized carbons (Fsp3) is 0.118. The molecule has 0 bridgehead atoms. The summed E-state index contributed by atoms with van der Waals surface area (Å²) in [5.74, 6) is -4.58. The van der Waals surface area contributed by atoms with Crippen LogP contribution in [0.5, 0.6) is 17.2 Å². The van der Waals surface area contributed by atoms with Crippen LogP contribution < -0.4 is 0 Å². The monoisotopic (exact) mass is 1330 g/mol. The fourth-order valence-electron chi connectivity index (χ4n) is 6.52. The van der Waals surface area contributed by atoms with Crippen LogP contribution in [-0.4, -0.2) is 48.0 Å². The first kappa shape index (κ1) is 37.9. The van der Waals surface area contributed by atoms with E-state index in [9.17, 15) is 45.0 Å². The Kier molecular flexibility index (Phi) is 11.9. The van der Waals surface area contributed by atoms with Crippen LogP contribution in [0.25, 0.3) is 32.9 Å². The summed E-state index contributed by atoms with van der Waals surface area (Å²) in [6.45, 7) is 3.34. The number of fused-ring (bicyclic) bond motifs is 3. The number of carbonyl (C=O) groups excluding carboxylic acids is 3. The van der Waals surface area contributed by atoms with Crippen molar-refractivity contribution < 1.29 is 74.7 Å². The quantitative estimate of drug-likeness (QED) is 0.0745. The molecule has 3 unspecified atom stereocenters. The number of benzene rings is 6. The van der Waals surface area contributed by atoms with Crippen molar-refractivity contribution in [2.75, 3.05) is 0 Å². The maximum absolute atomic E-state index is 13.4. The van der Waals surface area contributed by atoms with E-state index in [2.05, 4.69) is 95.6 Å². The van der Waals surface area contributed by atoms with Gasteiger partial charge in [0.2, 0.25) is 0 Å². The van der Waals surface area contributed by atoms with Gasteiger partial charge in [-0.25, -0.2) is 0 Å². The maximum atomic E-state index is 13.4. The Hall–Kier alpha value is -4.89. The minimum absolute atomic E-state index is 0.00592. The minimum Gasteiger partial charge on any atom is -0.506 e. The molecule has 3 aromatic heterocycles. The Bertz CT molecular complexity index is 4080. The maximum Gasteiger partial charge on any atom is 0.197 e. The van der Waals surface area contributed by atoms with Crippen LogP contribution in [0.3, 0.4) is 0 Å². The van der Waals surface area contributed by atoms with E-state index in [1.807, 2.05) is 0 Å². The second-order valence-electron chi connectivity index (χ2n) is 14.3. The minimum atomic E-state index is -2.51. The summed E-state index contributed by atoms with van der Waals surface area (Å²) in [6.07, 6.45) is -6.83. The lowest BCUT2D eigenvalue weighted by atomic mass is 9.98. The first-order chi connectivity index (χ1) is 37.4. The Balaban J connectivity index is 0.000000176. The van der Waals surface area contributed by atoms with Gasteiger partial charge in [0, 0.05) is 32.8 Å². The van der Waals surface area contributed by atoms with Gasteiger partial charge in [0.15, 0.2) is 17.3 Å². The summed E-state index contributed by atoms with van der Waals surface area (Å²) >= 11 is 18.3. The number of ketones is 3. The topological polar surface area (TPSA) is 212 Å². The fourth-order valence-corrected chi connectivity index (χ4v) is 9.76. The molecule has 9 aromatic rings. The average Bonchev–Trinajstić information content (AvgIpc) is 4.36. The van der Waals surface area contributed by atoms with Gasteiger partial charge in [-0.2, -0.15) is 0 Å². The average molecular weight is 1330 g/mol. The normalized spacial score (nSPS) is 16.3. The van der Waals surface area contributed by atoms with Gasteiger partial charge in [0.25, 0.3) is 0 Å². The molecular weight excluding hydrogens is 1280 g/mol. The van der Waals surface area contributed by atoms with Gasteiger partial charge in [-0.1, -0.05) is 54.5 Å². The zero-order chi connectivity index (χ0) is 60.8. The number of furan rings is 3. The third-order valence-corrected chi connectivity index (χ3v) is 13.1. The molecule has 3 atom stereocenters. The number of phenols is 3. The van der Waals surface area contributed by atoms with Crippen LogP contribution >= 0.6 is 95.6 Å². The molecule has 354 valence electrons. The number of para-hydroxylation sites is 3. The first-order valence-corrected chi connectivity index (χ1v) is 24.1. The standard InChI is InChI=1S/3C17H12Br2O4/c3*1-8(20)17-14(10-4-2-3-5-13(10)23-17)15(21)9-6-11(18)16(22)12(19)7-9/h3*2-8,20,22H,1H3/i2D,3D,4D,5D,6D,7D,8D;6D,7D,8D;6D,8D. The van der Waals surface area contributed by atoms with Gasteiger partial charge in [0.1, 0.15) is 69.5 Å². The zero-order valence-corrected chi connectivity index (χ0v) is 44.6. The van der Waals surface area contributed by atoms with Crippen molar-refractivity contribution >= 4 is 146 Å². The Morgan fingerprint density at radius 3 is 1.20 bits per heavy atom. The van der Waals surface area contributed by atoms with Crippen LogP contribution in [-0.2, 0) is 0 Å². The van der Waals surface area contributed by atoms with Gasteiger partial charge in [-0.15, -0.1) is 0 Å². The van der Waals surface area contributed by atoms with E-state index in [1.54, 1.807) is 48.5 Å². The largest absolute Gasteiger partial charge is 0.506 e. The van der Waals surface area contributed by atoms with Crippen molar-refractivity contribution in [1.29, 1.82) is 0 Å². The molecule has 0 aliphatic carbocycles. The number of hydrogen-bond acceptors (Lipinski definition) is 12. The highest BCUT2D eigenvalue weighted by atomic mass is 79.9. The van der Waals surface area contributed by atoms with E-state index in [1.165, 1.54) is 13.0 Å². The molecule has 9 rings (SSSR count). The number of rotatable bonds is 9. The van der Waals surface area contributed by atoms with Crippen molar-refractivity contribution in [1.82, 2.24) is 0 Å². The highest BCUT2D eigenvalue weighted by molar-refractivity contribution is 9.12. The van der Waals surface area contributed by atoms with E-state index >= 15 is 0 Å². The van der Waals surface area contributed by atoms with Crippen molar-refractivity contribution in [3.8, 4) is 17.2 Å². The van der Waals surface area contributed by atoms with Gasteiger partial charge in [-0.3, -0.25) is 14.4 Å². The van der Waals surface area contributed by atoms with E-state index in [0.29, 0.717) is 21.9 Å². The Morgan fingerprint density at radius 2 is 0.797 bits per heavy atom. The van der Waals surface area contributed by atoms with Crippen LogP contribution in [0.2, 0.25) is 0 Å². The number of aromatic hydroxyl groups is 3. The second-order valence-corrected chi connectivity index (χ2v) is 19.1. The van der Waals surface area contributed by atoms with Gasteiger partial charge in [-0.05, 0) is 171 Å². The number of aliphatic hydroxyl groups is 3. The molecule has 69 heavy (non-hydrogen) atoms.